The van der Waals surface area contributed by atoms with Crippen LogP contribution in [0.25, 0.3) is 0 Å². The Hall–Kier alpha value is -5.54. The second kappa shape index (κ2) is 26.4. The molecule has 1 saturated heterocycles. The van der Waals surface area contributed by atoms with Gasteiger partial charge in [0.15, 0.2) is 5.60 Å². The van der Waals surface area contributed by atoms with Gasteiger partial charge >= 0.3 is 5.97 Å². The zero-order chi connectivity index (χ0) is 60.3. The van der Waals surface area contributed by atoms with Gasteiger partial charge in [0.05, 0.1) is 54.0 Å². The van der Waals surface area contributed by atoms with E-state index in [0.717, 1.165) is 55.2 Å². The summed E-state index contributed by atoms with van der Waals surface area (Å²) in [5.74, 6) is 2.05. The molecule has 3 bridgehead atoms. The van der Waals surface area contributed by atoms with Crippen LogP contribution in [0.4, 0.5) is 0 Å². The molecule has 9 N–H and O–H groups in total. The van der Waals surface area contributed by atoms with Gasteiger partial charge in [-0.15, -0.1) is 6.58 Å². The van der Waals surface area contributed by atoms with Crippen molar-refractivity contribution in [1.82, 2.24) is 9.88 Å². The van der Waals surface area contributed by atoms with Crippen molar-refractivity contribution in [1.29, 1.82) is 5.26 Å². The van der Waals surface area contributed by atoms with Crippen molar-refractivity contribution in [3.63, 3.8) is 0 Å². The highest BCUT2D eigenvalue weighted by molar-refractivity contribution is 5.87. The van der Waals surface area contributed by atoms with Gasteiger partial charge in [-0.25, -0.2) is 4.79 Å². The molecule has 19 atom stereocenters. The maximum Gasteiger partial charge on any atom is 0.335 e. The first kappa shape index (κ1) is 62.5. The number of ether oxygens (including phenoxy) is 5. The topological polar surface area (TPSA) is 266 Å². The Kier molecular flexibility index (Phi) is 19.4. The summed E-state index contributed by atoms with van der Waals surface area (Å²) >= 11 is 0. The largest absolute Gasteiger partial charge is 0.482 e. The lowest BCUT2D eigenvalue weighted by molar-refractivity contribution is -0.337. The summed E-state index contributed by atoms with van der Waals surface area (Å²) in [5.41, 5.74) is -1.05. The summed E-state index contributed by atoms with van der Waals surface area (Å²) in [4.78, 5) is 12.0. The van der Waals surface area contributed by atoms with Crippen molar-refractivity contribution < 1.29 is 69.3 Å². The maximum absolute atomic E-state index is 14.0. The molecular formula is C68H89N3O14. The van der Waals surface area contributed by atoms with E-state index in [4.69, 9.17) is 23.7 Å². The van der Waals surface area contributed by atoms with Gasteiger partial charge in [-0.1, -0.05) is 55.7 Å². The Balaban J connectivity index is 1.10. The number of aromatic carboxylic acids is 1. The van der Waals surface area contributed by atoms with E-state index in [0.29, 0.717) is 61.6 Å². The minimum absolute atomic E-state index is 0.0551. The van der Waals surface area contributed by atoms with E-state index in [9.17, 15) is 50.9 Å². The van der Waals surface area contributed by atoms with Crippen LogP contribution in [-0.4, -0.2) is 145 Å². The molecule has 4 aliphatic carbocycles. The van der Waals surface area contributed by atoms with Crippen LogP contribution in [-0.2, 0) is 31.8 Å². The summed E-state index contributed by atoms with van der Waals surface area (Å²) < 4.78 is 35.6. The molecule has 2 aromatic carbocycles. The summed E-state index contributed by atoms with van der Waals surface area (Å²) in [6, 6.07) is 16.2. The quantitative estimate of drug-likeness (QED) is 0.0331. The van der Waals surface area contributed by atoms with E-state index >= 15 is 0 Å². The first-order chi connectivity index (χ1) is 41.0. The molecule has 3 aromatic rings. The molecule has 4 aliphatic heterocycles. The van der Waals surface area contributed by atoms with Crippen molar-refractivity contribution in [2.24, 2.45) is 40.4 Å². The molecule has 17 nitrogen and oxygen atoms in total. The number of hydrogen-bond donors (Lipinski definition) is 9. The van der Waals surface area contributed by atoms with Crippen molar-refractivity contribution >= 4 is 5.97 Å². The van der Waals surface area contributed by atoms with Crippen molar-refractivity contribution in [2.45, 2.75) is 189 Å². The Labute approximate surface area is 500 Å². The number of nitrogens with one attached hydrogen (secondary N) is 1. The van der Waals surface area contributed by atoms with Crippen LogP contribution in [0.1, 0.15) is 148 Å². The highest BCUT2D eigenvalue weighted by Crippen LogP contribution is 2.74. The van der Waals surface area contributed by atoms with Gasteiger partial charge in [0.2, 0.25) is 6.29 Å². The minimum Gasteiger partial charge on any atom is -0.482 e. The van der Waals surface area contributed by atoms with E-state index in [1.54, 1.807) is 44.6 Å². The lowest BCUT2D eigenvalue weighted by Gasteiger charge is -2.54. The molecule has 19 unspecified atom stereocenters. The molecular weight excluding hydrogens is 1080 g/mol. The van der Waals surface area contributed by atoms with Crippen LogP contribution in [0.15, 0.2) is 97.6 Å². The number of nitrogens with zero attached hydrogens (tertiary/aromatic N) is 2. The number of nitriles is 1. The molecule has 3 saturated carbocycles. The lowest BCUT2D eigenvalue weighted by atomic mass is 9.52. The first-order valence-electron chi connectivity index (χ1n) is 31.1. The molecule has 85 heavy (non-hydrogen) atoms. The lowest BCUT2D eigenvalue weighted by Crippen LogP contribution is -2.71. The van der Waals surface area contributed by atoms with Crippen molar-refractivity contribution in [3.8, 4) is 23.8 Å². The second-order valence-corrected chi connectivity index (χ2v) is 25.8. The number of aliphatic hydroxyl groups excluding tert-OH is 6. The van der Waals surface area contributed by atoms with E-state index in [1.165, 1.54) is 0 Å². The fraction of sp³-hybridized carbons (Fsp3) is 0.618. The van der Waals surface area contributed by atoms with Gasteiger partial charge in [0, 0.05) is 81.1 Å². The predicted molar refractivity (Wildman–Crippen MR) is 316 cm³/mol. The maximum atomic E-state index is 14.0. The molecule has 8 aliphatic rings. The number of aliphatic hydroxyl groups is 7. The van der Waals surface area contributed by atoms with Gasteiger partial charge in [-0.05, 0) is 160 Å². The summed E-state index contributed by atoms with van der Waals surface area (Å²) in [7, 11) is 1.60. The van der Waals surface area contributed by atoms with Gasteiger partial charge in [-0.2, -0.15) is 5.26 Å². The number of carbonyl (C=O) groups is 1. The standard InChI is InChI=1S/C68H89N3O14/c1-5-10-44-18-21-51(32-47(44)31-48(40-81-4)56(39-73)71-28-25-43(36-69)38-71)83-64-68-35-55(57(75)12-9-30-82-58(13-8-29-72)61(84-64)60(76)62(68)77)65(33-52(85-68)22-20-50(6-2)70-37-42(3)74)27-24-59-66(80,41-65)34-54-53(23-19-49-11-7-26-67(49,54)59)45-14-16-46(17-15-45)63(78)79/h5,14-18,21,24-25,27-28,32-33,38,42,48-50,53-62,64,70,72-77,80H,1,6-8,10-13,19-20,22-23,26,29,31,34-35,37,39-41H2,2-4H3,(H,78,79). The molecule has 17 heteroatoms. The van der Waals surface area contributed by atoms with Crippen LogP contribution in [0.5, 0.6) is 5.75 Å². The second-order valence-electron chi connectivity index (χ2n) is 25.8. The Morgan fingerprint density at radius 3 is 2.59 bits per heavy atom. The van der Waals surface area contributed by atoms with Gasteiger partial charge in [0.25, 0.3) is 0 Å². The van der Waals surface area contributed by atoms with Crippen LogP contribution >= 0.6 is 0 Å². The van der Waals surface area contributed by atoms with Crippen molar-refractivity contribution in [2.75, 3.05) is 33.5 Å². The first-order valence-corrected chi connectivity index (χ1v) is 31.1. The summed E-state index contributed by atoms with van der Waals surface area (Å²) in [5, 5.41) is 107. The summed E-state index contributed by atoms with van der Waals surface area (Å²) in [6.07, 6.45) is 14.0. The third kappa shape index (κ3) is 12.3. The number of benzene rings is 2. The SMILES string of the molecule is C=CCc1ccc(OC2OC3C(CCCO)OC#CCC(O)C4CC2(OC(CCC(CC)NCC(C)O)=CC42C=CC4C(O)(CC5C(c6ccc(C(=O)O)cc6)CCC6CCCC654)C2)C(O)C3O)cc1CC(COC)C(CO)n1ccc(C#N)c1. The zero-order valence-corrected chi connectivity index (χ0v) is 49.5. The third-order valence-corrected chi connectivity index (χ3v) is 20.9. The number of methoxy groups -OCH3 is 1. The van der Waals surface area contributed by atoms with E-state index in [2.05, 4.69) is 49.1 Å². The molecule has 3 spiro atoms. The average Bonchev–Trinajstić information content (AvgIpc) is 1.55. The van der Waals surface area contributed by atoms with E-state index < -0.39 is 77.5 Å². The Morgan fingerprint density at radius 1 is 1.07 bits per heavy atom. The molecule has 4 fully saturated rings. The number of fused-ring (bicyclic) bond motifs is 7. The van der Waals surface area contributed by atoms with Crippen LogP contribution in [0.2, 0.25) is 0 Å². The number of rotatable bonds is 23. The summed E-state index contributed by atoms with van der Waals surface area (Å²) in [6.45, 7) is 8.04. The highest BCUT2D eigenvalue weighted by atomic mass is 16.7. The molecule has 460 valence electrons. The highest BCUT2D eigenvalue weighted by Gasteiger charge is 2.71. The average molecular weight is 1170 g/mol. The molecule has 5 heterocycles. The molecule has 0 amide bonds. The number of carboxylic acid groups (broad SMARTS) is 1. The molecule has 0 radical (unpaired) electrons. The number of aromatic nitrogens is 1. The van der Waals surface area contributed by atoms with Gasteiger partial charge in [0.1, 0.15) is 42.3 Å². The number of carboxylic acids is 1. The number of hydrogen-bond acceptors (Lipinski definition) is 15. The Morgan fingerprint density at radius 2 is 1.88 bits per heavy atom. The Bertz CT molecular complexity index is 2980. The zero-order valence-electron chi connectivity index (χ0n) is 49.5. The normalized spacial score (nSPS) is 35.1. The van der Waals surface area contributed by atoms with Gasteiger partial charge in [-0.3, -0.25) is 0 Å². The van der Waals surface area contributed by atoms with Crippen LogP contribution in [0, 0.1) is 63.8 Å². The molecule has 11 rings (SSSR count). The van der Waals surface area contributed by atoms with Crippen LogP contribution < -0.4 is 10.1 Å². The van der Waals surface area contributed by atoms with E-state index in [1.807, 2.05) is 47.1 Å². The minimum atomic E-state index is -1.95. The number of allylic oxidation sites excluding steroid dienone is 4. The van der Waals surface area contributed by atoms with Gasteiger partial charge < -0.3 is 74.4 Å². The van der Waals surface area contributed by atoms with Crippen LogP contribution in [0.3, 0.4) is 0 Å². The van der Waals surface area contributed by atoms with E-state index in [-0.39, 0.29) is 92.6 Å². The smallest absolute Gasteiger partial charge is 0.335 e. The monoisotopic (exact) mass is 1170 g/mol. The third-order valence-electron chi connectivity index (χ3n) is 20.9. The molecule has 1 aromatic heterocycles. The fourth-order valence-electron chi connectivity index (χ4n) is 17.0. The fourth-order valence-corrected chi connectivity index (χ4v) is 17.0. The van der Waals surface area contributed by atoms with Crippen molar-refractivity contribution in [3.05, 3.63) is 125 Å². The predicted octanol–water partition coefficient (Wildman–Crippen LogP) is 7.40.